The lowest BCUT2D eigenvalue weighted by molar-refractivity contribution is -0.129. The fourth-order valence-electron chi connectivity index (χ4n) is 2.36. The highest BCUT2D eigenvalue weighted by atomic mass is 16.5. The van der Waals surface area contributed by atoms with Crippen LogP contribution in [-0.2, 0) is 16.1 Å². The lowest BCUT2D eigenvalue weighted by Gasteiger charge is -2.18. The number of nitrogens with one attached hydrogen (secondary N) is 3. The molecule has 4 amide bonds. The van der Waals surface area contributed by atoms with Gasteiger partial charge in [0.15, 0.2) is 6.61 Å². The molecule has 3 N–H and O–H groups in total. The van der Waals surface area contributed by atoms with Crippen molar-refractivity contribution in [2.45, 2.75) is 13.0 Å². The molecule has 0 saturated carbocycles. The fourth-order valence-corrected chi connectivity index (χ4v) is 2.36. The number of nitrogens with zero attached hydrogens (tertiary/aromatic N) is 2. The van der Waals surface area contributed by atoms with E-state index in [-0.39, 0.29) is 25.6 Å². The second-order valence-electron chi connectivity index (χ2n) is 6.34. The first kappa shape index (κ1) is 22.2. The first-order chi connectivity index (χ1) is 14.5. The number of hydrazine groups is 1. The molecule has 0 radical (unpaired) electrons. The molecule has 9 nitrogen and oxygen atoms in total. The first-order valence-electron chi connectivity index (χ1n) is 9.21. The number of urea groups is 1. The summed E-state index contributed by atoms with van der Waals surface area (Å²) < 4.78 is 5.25. The van der Waals surface area contributed by atoms with E-state index >= 15 is 0 Å². The van der Waals surface area contributed by atoms with Crippen molar-refractivity contribution >= 4 is 17.8 Å². The first-order valence-corrected chi connectivity index (χ1v) is 9.21. The molecule has 156 valence electrons. The summed E-state index contributed by atoms with van der Waals surface area (Å²) in [6, 6.07) is 17.5. The van der Waals surface area contributed by atoms with Crippen LogP contribution >= 0.6 is 0 Å². The van der Waals surface area contributed by atoms with E-state index in [0.717, 1.165) is 5.56 Å². The summed E-state index contributed by atoms with van der Waals surface area (Å²) in [6.45, 7) is 0.281. The molecule has 2 aromatic rings. The highest BCUT2D eigenvalue weighted by Crippen LogP contribution is 2.11. The molecule has 0 fully saturated rings. The molecule has 9 heteroatoms. The van der Waals surface area contributed by atoms with Crippen LogP contribution in [0.2, 0.25) is 0 Å². The zero-order valence-electron chi connectivity index (χ0n) is 16.6. The van der Waals surface area contributed by atoms with Gasteiger partial charge in [-0.1, -0.05) is 30.3 Å². The summed E-state index contributed by atoms with van der Waals surface area (Å²) in [5.41, 5.74) is 5.97. The SMILES string of the molecule is CN(Cc1ccccc1)C(=O)NCCC(=O)NNC(=O)COc1ccc(C#N)cc1. The molecular weight excluding hydrogens is 386 g/mol. The number of amides is 4. The summed E-state index contributed by atoms with van der Waals surface area (Å²) in [5, 5.41) is 11.4. The highest BCUT2D eigenvalue weighted by molar-refractivity contribution is 5.83. The van der Waals surface area contributed by atoms with Gasteiger partial charge in [-0.3, -0.25) is 20.4 Å². The van der Waals surface area contributed by atoms with Crippen LogP contribution in [0.3, 0.4) is 0 Å². The van der Waals surface area contributed by atoms with E-state index in [9.17, 15) is 14.4 Å². The van der Waals surface area contributed by atoms with E-state index in [1.54, 1.807) is 31.3 Å². The number of carbonyl (C=O) groups is 3. The predicted molar refractivity (Wildman–Crippen MR) is 109 cm³/mol. The van der Waals surface area contributed by atoms with Gasteiger partial charge >= 0.3 is 6.03 Å². The maximum Gasteiger partial charge on any atom is 0.317 e. The van der Waals surface area contributed by atoms with Gasteiger partial charge in [-0.15, -0.1) is 0 Å². The molecule has 0 unspecified atom stereocenters. The average Bonchev–Trinajstić information content (AvgIpc) is 2.77. The van der Waals surface area contributed by atoms with Crippen molar-refractivity contribution in [3.63, 3.8) is 0 Å². The van der Waals surface area contributed by atoms with Gasteiger partial charge in [0, 0.05) is 26.6 Å². The molecule has 0 aliphatic heterocycles. The Kier molecular flexibility index (Phi) is 8.68. The average molecular weight is 409 g/mol. The van der Waals surface area contributed by atoms with Crippen molar-refractivity contribution < 1.29 is 19.1 Å². The predicted octanol–water partition coefficient (Wildman–Crippen LogP) is 1.32. The maximum atomic E-state index is 12.0. The molecule has 0 bridgehead atoms. The largest absolute Gasteiger partial charge is 0.484 e. The minimum atomic E-state index is -0.542. The van der Waals surface area contributed by atoms with Crippen LogP contribution in [0.25, 0.3) is 0 Å². The van der Waals surface area contributed by atoms with Crippen molar-refractivity contribution in [2.24, 2.45) is 0 Å². The summed E-state index contributed by atoms with van der Waals surface area (Å²) in [6.07, 6.45) is 0.00166. The summed E-state index contributed by atoms with van der Waals surface area (Å²) in [7, 11) is 1.66. The zero-order chi connectivity index (χ0) is 21.8. The molecule has 30 heavy (non-hydrogen) atoms. The van der Waals surface area contributed by atoms with Gasteiger partial charge in [-0.2, -0.15) is 5.26 Å². The third-order valence-corrected chi connectivity index (χ3v) is 3.93. The van der Waals surface area contributed by atoms with Gasteiger partial charge in [0.25, 0.3) is 5.91 Å². The molecule has 0 heterocycles. The van der Waals surface area contributed by atoms with E-state index in [2.05, 4.69) is 16.2 Å². The Balaban J connectivity index is 1.59. The molecular formula is C21H23N5O4. The molecule has 0 atom stereocenters. The second-order valence-corrected chi connectivity index (χ2v) is 6.34. The third kappa shape index (κ3) is 7.90. The van der Waals surface area contributed by atoms with Crippen LogP contribution in [-0.4, -0.2) is 42.9 Å². The molecule has 0 aliphatic carbocycles. The molecule has 0 aromatic heterocycles. The van der Waals surface area contributed by atoms with Gasteiger partial charge in [-0.25, -0.2) is 4.79 Å². The Morgan fingerprint density at radius 1 is 1.00 bits per heavy atom. The van der Waals surface area contributed by atoms with E-state index in [1.807, 2.05) is 36.4 Å². The standard InChI is InChI=1S/C21H23N5O4/c1-26(14-17-5-3-2-4-6-17)21(29)23-12-11-19(27)24-25-20(28)15-30-18-9-7-16(13-22)8-10-18/h2-10H,11-12,14-15H2,1H3,(H,23,29)(H,24,27)(H,25,28). The Morgan fingerprint density at radius 3 is 2.33 bits per heavy atom. The number of carbonyl (C=O) groups excluding carboxylic acids is 3. The van der Waals surface area contributed by atoms with Crippen LogP contribution in [0.5, 0.6) is 5.75 Å². The normalized spacial score (nSPS) is 9.73. The number of ether oxygens (including phenoxy) is 1. The van der Waals surface area contributed by atoms with E-state index < -0.39 is 11.8 Å². The van der Waals surface area contributed by atoms with E-state index in [1.165, 1.54) is 4.90 Å². The smallest absolute Gasteiger partial charge is 0.317 e. The van der Waals surface area contributed by atoms with Gasteiger partial charge in [0.1, 0.15) is 5.75 Å². The van der Waals surface area contributed by atoms with Gasteiger partial charge in [-0.05, 0) is 29.8 Å². The van der Waals surface area contributed by atoms with Crippen molar-refractivity contribution in [1.29, 1.82) is 5.26 Å². The lowest BCUT2D eigenvalue weighted by Crippen LogP contribution is -2.45. The number of hydrogen-bond acceptors (Lipinski definition) is 5. The lowest BCUT2D eigenvalue weighted by atomic mass is 10.2. The number of rotatable bonds is 8. The summed E-state index contributed by atoms with van der Waals surface area (Å²) in [5.74, 6) is -0.565. The van der Waals surface area contributed by atoms with Crippen LogP contribution in [0, 0.1) is 11.3 Å². The molecule has 2 aromatic carbocycles. The van der Waals surface area contributed by atoms with Crippen LogP contribution in [0.4, 0.5) is 4.79 Å². The van der Waals surface area contributed by atoms with Gasteiger partial charge in [0.05, 0.1) is 11.6 Å². The van der Waals surface area contributed by atoms with Crippen molar-refractivity contribution in [3.8, 4) is 11.8 Å². The molecule has 0 spiro atoms. The minimum Gasteiger partial charge on any atom is -0.484 e. The quantitative estimate of drug-likeness (QED) is 0.567. The molecule has 0 saturated heterocycles. The monoisotopic (exact) mass is 409 g/mol. The second kappa shape index (κ2) is 11.7. The molecule has 2 rings (SSSR count). The van der Waals surface area contributed by atoms with Crippen LogP contribution in [0.1, 0.15) is 17.5 Å². The molecule has 0 aliphatic rings. The Morgan fingerprint density at radius 2 is 1.67 bits per heavy atom. The van der Waals surface area contributed by atoms with Crippen molar-refractivity contribution in [3.05, 3.63) is 65.7 Å². The number of hydrogen-bond donors (Lipinski definition) is 3. The third-order valence-electron chi connectivity index (χ3n) is 3.93. The van der Waals surface area contributed by atoms with Crippen molar-refractivity contribution in [1.82, 2.24) is 21.1 Å². The van der Waals surface area contributed by atoms with Gasteiger partial charge < -0.3 is 15.0 Å². The maximum absolute atomic E-state index is 12.0. The highest BCUT2D eigenvalue weighted by Gasteiger charge is 2.10. The van der Waals surface area contributed by atoms with E-state index in [0.29, 0.717) is 17.9 Å². The Labute approximate surface area is 174 Å². The zero-order valence-corrected chi connectivity index (χ0v) is 16.6. The van der Waals surface area contributed by atoms with Gasteiger partial charge in [0.2, 0.25) is 5.91 Å². The number of benzene rings is 2. The van der Waals surface area contributed by atoms with E-state index in [4.69, 9.17) is 10.00 Å². The minimum absolute atomic E-state index is 0.00166. The van der Waals surface area contributed by atoms with Crippen LogP contribution in [0.15, 0.2) is 54.6 Å². The van der Waals surface area contributed by atoms with Crippen LogP contribution < -0.4 is 20.9 Å². The fraction of sp³-hybridized carbons (Fsp3) is 0.238. The summed E-state index contributed by atoms with van der Waals surface area (Å²) >= 11 is 0. The Bertz CT molecular complexity index is 894. The van der Waals surface area contributed by atoms with Crippen molar-refractivity contribution in [2.75, 3.05) is 20.2 Å². The Hall–Kier alpha value is -4.06. The number of nitriles is 1. The summed E-state index contributed by atoms with van der Waals surface area (Å²) in [4.78, 5) is 37.0. The topological polar surface area (TPSA) is 124 Å².